The number of hydrogen-bond acceptors (Lipinski definition) is 4. The zero-order valence-corrected chi connectivity index (χ0v) is 17.2. The molecule has 3 aromatic rings. The molecule has 1 aliphatic rings. The fourth-order valence-corrected chi connectivity index (χ4v) is 3.50. The number of anilines is 1. The van der Waals surface area contributed by atoms with Gasteiger partial charge in [0.1, 0.15) is 17.6 Å². The van der Waals surface area contributed by atoms with Crippen molar-refractivity contribution < 1.29 is 31.9 Å². The van der Waals surface area contributed by atoms with Gasteiger partial charge in [0, 0.05) is 18.3 Å². The quantitative estimate of drug-likeness (QED) is 0.391. The first-order valence-electron chi connectivity index (χ1n) is 9.83. The number of imide groups is 1. The first-order valence-corrected chi connectivity index (χ1v) is 9.83. The zero-order chi connectivity index (χ0) is 23.8. The molecule has 0 aliphatic carbocycles. The summed E-state index contributed by atoms with van der Waals surface area (Å²) in [6.45, 7) is 1.68. The highest BCUT2D eigenvalue weighted by Crippen LogP contribution is 2.30. The van der Waals surface area contributed by atoms with Gasteiger partial charge in [-0.3, -0.25) is 9.78 Å². The second-order valence-corrected chi connectivity index (χ2v) is 7.36. The lowest BCUT2D eigenvalue weighted by Crippen LogP contribution is -2.33. The molecule has 0 saturated carbocycles. The fraction of sp³-hybridized carbons (Fsp3) is 0.174. The van der Waals surface area contributed by atoms with Crippen molar-refractivity contribution >= 4 is 17.6 Å². The molecule has 6 nitrogen and oxygen atoms in total. The Morgan fingerprint density at radius 2 is 1.67 bits per heavy atom. The number of urea groups is 1. The molecule has 1 atom stereocenters. The van der Waals surface area contributed by atoms with Crippen LogP contribution in [0.25, 0.3) is 11.3 Å². The molecular weight excluding hydrogens is 442 g/mol. The van der Waals surface area contributed by atoms with Crippen molar-refractivity contribution in [2.24, 2.45) is 0 Å². The minimum atomic E-state index is -4.84. The van der Waals surface area contributed by atoms with Gasteiger partial charge in [0.25, 0.3) is 5.91 Å². The minimum Gasteiger partial charge on any atom is -0.406 e. The normalized spacial score (nSPS) is 16.5. The van der Waals surface area contributed by atoms with Crippen LogP contribution in [-0.2, 0) is 11.3 Å². The third-order valence-electron chi connectivity index (χ3n) is 5.13. The first-order chi connectivity index (χ1) is 15.6. The van der Waals surface area contributed by atoms with Crippen molar-refractivity contribution in [3.05, 3.63) is 78.2 Å². The average Bonchev–Trinajstić information content (AvgIpc) is 2.97. The number of nitrogens with zero attached hydrogens (tertiary/aromatic N) is 3. The van der Waals surface area contributed by atoms with Crippen LogP contribution in [0, 0.1) is 5.82 Å². The van der Waals surface area contributed by atoms with E-state index in [1.54, 1.807) is 37.4 Å². The molecule has 170 valence electrons. The lowest BCUT2D eigenvalue weighted by Gasteiger charge is -2.20. The third-order valence-corrected chi connectivity index (χ3v) is 5.13. The molecule has 10 heteroatoms. The van der Waals surface area contributed by atoms with E-state index in [0.29, 0.717) is 16.8 Å². The first kappa shape index (κ1) is 22.3. The number of carbonyl (C=O) groups excluding carboxylic acids is 2. The molecule has 4 rings (SSSR count). The Morgan fingerprint density at radius 3 is 2.30 bits per heavy atom. The van der Waals surface area contributed by atoms with Gasteiger partial charge in [0.15, 0.2) is 0 Å². The number of rotatable bonds is 5. The molecule has 1 unspecified atom stereocenters. The number of amides is 3. The Morgan fingerprint density at radius 1 is 1.00 bits per heavy atom. The van der Waals surface area contributed by atoms with Crippen LogP contribution >= 0.6 is 0 Å². The van der Waals surface area contributed by atoms with Gasteiger partial charge < -0.3 is 9.64 Å². The fourth-order valence-electron chi connectivity index (χ4n) is 3.50. The standard InChI is InChI=1S/C23H17F4N3O3/c1-14-21(31)30(18-6-8-19(9-7-18)33-23(25,26)27)22(32)29(14)13-15-10-11-28-20(12-15)16-2-4-17(24)5-3-16/h2-12,14H,13H2,1H3. The molecule has 1 saturated heterocycles. The lowest BCUT2D eigenvalue weighted by atomic mass is 10.1. The smallest absolute Gasteiger partial charge is 0.406 e. The van der Waals surface area contributed by atoms with E-state index in [4.69, 9.17) is 0 Å². The molecule has 0 bridgehead atoms. The highest BCUT2D eigenvalue weighted by Gasteiger charge is 2.43. The van der Waals surface area contributed by atoms with Crippen molar-refractivity contribution in [2.75, 3.05) is 4.90 Å². The van der Waals surface area contributed by atoms with Crippen molar-refractivity contribution in [1.82, 2.24) is 9.88 Å². The zero-order valence-electron chi connectivity index (χ0n) is 17.2. The number of alkyl halides is 3. The van der Waals surface area contributed by atoms with Crippen LogP contribution < -0.4 is 9.64 Å². The summed E-state index contributed by atoms with van der Waals surface area (Å²) < 4.78 is 54.1. The van der Waals surface area contributed by atoms with E-state index in [2.05, 4.69) is 9.72 Å². The highest BCUT2D eigenvalue weighted by atomic mass is 19.4. The average molecular weight is 459 g/mol. The second-order valence-electron chi connectivity index (χ2n) is 7.36. The highest BCUT2D eigenvalue weighted by molar-refractivity contribution is 6.21. The number of aromatic nitrogens is 1. The number of benzene rings is 2. The largest absolute Gasteiger partial charge is 0.573 e. The van der Waals surface area contributed by atoms with Crippen molar-refractivity contribution in [3.63, 3.8) is 0 Å². The summed E-state index contributed by atoms with van der Waals surface area (Å²) in [5.41, 5.74) is 2.11. The predicted molar refractivity (Wildman–Crippen MR) is 111 cm³/mol. The Balaban J connectivity index is 1.53. The van der Waals surface area contributed by atoms with E-state index in [0.717, 1.165) is 17.0 Å². The SMILES string of the molecule is CC1C(=O)N(c2ccc(OC(F)(F)F)cc2)C(=O)N1Cc1ccnc(-c2ccc(F)cc2)c1. The van der Waals surface area contributed by atoms with Crippen LogP contribution in [0.3, 0.4) is 0 Å². The maximum Gasteiger partial charge on any atom is 0.573 e. The van der Waals surface area contributed by atoms with Crippen LogP contribution in [0.1, 0.15) is 12.5 Å². The van der Waals surface area contributed by atoms with Gasteiger partial charge >= 0.3 is 12.4 Å². The summed E-state index contributed by atoms with van der Waals surface area (Å²) in [7, 11) is 0. The Hall–Kier alpha value is -3.95. The molecular formula is C23H17F4N3O3. The number of pyridine rings is 1. The number of carbonyl (C=O) groups is 2. The maximum atomic E-state index is 13.2. The van der Waals surface area contributed by atoms with E-state index in [9.17, 15) is 27.2 Å². The van der Waals surface area contributed by atoms with Gasteiger partial charge in [-0.1, -0.05) is 0 Å². The molecule has 3 amide bonds. The van der Waals surface area contributed by atoms with Crippen LogP contribution in [0.5, 0.6) is 5.75 Å². The molecule has 0 spiro atoms. The van der Waals surface area contributed by atoms with Gasteiger partial charge in [-0.25, -0.2) is 14.1 Å². The topological polar surface area (TPSA) is 62.7 Å². The van der Waals surface area contributed by atoms with Crippen LogP contribution in [-0.4, -0.2) is 34.2 Å². The molecule has 1 aliphatic heterocycles. The summed E-state index contributed by atoms with van der Waals surface area (Å²) >= 11 is 0. The summed E-state index contributed by atoms with van der Waals surface area (Å²) in [4.78, 5) is 32.3. The van der Waals surface area contributed by atoms with Crippen molar-refractivity contribution in [2.45, 2.75) is 25.9 Å². The summed E-state index contributed by atoms with van der Waals surface area (Å²) in [5.74, 6) is -1.33. The summed E-state index contributed by atoms with van der Waals surface area (Å²) in [5, 5.41) is 0. The van der Waals surface area contributed by atoms with E-state index in [-0.39, 0.29) is 18.0 Å². The summed E-state index contributed by atoms with van der Waals surface area (Å²) in [6, 6.07) is 12.4. The Bertz CT molecular complexity index is 1180. The van der Waals surface area contributed by atoms with Crippen molar-refractivity contribution in [3.8, 4) is 17.0 Å². The molecule has 33 heavy (non-hydrogen) atoms. The maximum absolute atomic E-state index is 13.2. The van der Waals surface area contributed by atoms with E-state index >= 15 is 0 Å². The summed E-state index contributed by atoms with van der Waals surface area (Å²) in [6.07, 6.45) is -3.29. The van der Waals surface area contributed by atoms with Gasteiger partial charge in [0.2, 0.25) is 0 Å². The van der Waals surface area contributed by atoms with Gasteiger partial charge in [0.05, 0.1) is 11.4 Å². The molecule has 1 aromatic heterocycles. The Labute approximate surface area is 186 Å². The third kappa shape index (κ3) is 4.79. The number of hydrogen-bond donors (Lipinski definition) is 0. The molecule has 1 fully saturated rings. The van der Waals surface area contributed by atoms with Crippen LogP contribution in [0.4, 0.5) is 28.0 Å². The molecule has 2 aromatic carbocycles. The predicted octanol–water partition coefficient (Wildman–Crippen LogP) is 5.14. The van der Waals surface area contributed by atoms with Crippen LogP contribution in [0.15, 0.2) is 66.9 Å². The monoisotopic (exact) mass is 459 g/mol. The molecule has 0 radical (unpaired) electrons. The van der Waals surface area contributed by atoms with E-state index in [1.807, 2.05) is 0 Å². The minimum absolute atomic E-state index is 0.105. The van der Waals surface area contributed by atoms with Crippen molar-refractivity contribution in [1.29, 1.82) is 0 Å². The molecule has 0 N–H and O–H groups in total. The van der Waals surface area contributed by atoms with Gasteiger partial charge in [-0.2, -0.15) is 0 Å². The van der Waals surface area contributed by atoms with Gasteiger partial charge in [-0.15, -0.1) is 13.2 Å². The Kier molecular flexibility index (Phi) is 5.75. The van der Waals surface area contributed by atoms with Gasteiger partial charge in [-0.05, 0) is 73.2 Å². The number of halogens is 4. The molecule has 2 heterocycles. The van der Waals surface area contributed by atoms with E-state index in [1.165, 1.54) is 29.2 Å². The lowest BCUT2D eigenvalue weighted by molar-refractivity contribution is -0.274. The van der Waals surface area contributed by atoms with Crippen LogP contribution in [0.2, 0.25) is 0 Å². The second kappa shape index (κ2) is 8.53. The number of ether oxygens (including phenoxy) is 1. The van der Waals surface area contributed by atoms with E-state index < -0.39 is 30.1 Å².